The Morgan fingerprint density at radius 1 is 0.615 bits per heavy atom. The molecule has 0 fully saturated rings. The van der Waals surface area contributed by atoms with Crippen LogP contribution in [0.15, 0.2) is 0 Å². The van der Waals surface area contributed by atoms with E-state index in [0.717, 1.165) is 25.7 Å². The second-order valence-electron chi connectivity index (χ2n) is 7.69. The summed E-state index contributed by atoms with van der Waals surface area (Å²) >= 11 is 0. The van der Waals surface area contributed by atoms with E-state index >= 15 is 0 Å². The standard InChI is InChI=1S/C23H46O3/c1-4-7-8-9-10-11-12-13-14-15-16-17-18-19-20-21-23(24)26-25-22(5-2)6-3/h22H,4-21H2,1-3H3. The molecule has 0 aliphatic heterocycles. The highest BCUT2D eigenvalue weighted by atomic mass is 17.2. The fraction of sp³-hybridized carbons (Fsp3) is 0.957. The average molecular weight is 371 g/mol. The molecule has 0 aromatic carbocycles. The van der Waals surface area contributed by atoms with Gasteiger partial charge in [0.1, 0.15) is 6.10 Å². The van der Waals surface area contributed by atoms with Gasteiger partial charge in [-0.15, -0.1) is 0 Å². The fourth-order valence-electron chi connectivity index (χ4n) is 3.23. The molecule has 0 bridgehead atoms. The predicted molar refractivity (Wildman–Crippen MR) is 111 cm³/mol. The molecule has 26 heavy (non-hydrogen) atoms. The zero-order valence-corrected chi connectivity index (χ0v) is 18.0. The Hall–Kier alpha value is -0.570. The van der Waals surface area contributed by atoms with E-state index in [9.17, 15) is 4.79 Å². The third kappa shape index (κ3) is 18.2. The minimum atomic E-state index is -0.216. The first-order valence-corrected chi connectivity index (χ1v) is 11.6. The van der Waals surface area contributed by atoms with E-state index in [1.165, 1.54) is 83.5 Å². The van der Waals surface area contributed by atoms with Gasteiger partial charge in [0, 0.05) is 6.42 Å². The lowest BCUT2D eigenvalue weighted by atomic mass is 10.0. The zero-order valence-electron chi connectivity index (χ0n) is 18.0. The predicted octanol–water partition coefficient (Wildman–Crippen LogP) is 7.91. The maximum atomic E-state index is 11.6. The van der Waals surface area contributed by atoms with Crippen LogP contribution in [0.2, 0.25) is 0 Å². The number of carbonyl (C=O) groups excluding carboxylic acids is 1. The lowest BCUT2D eigenvalue weighted by Crippen LogP contribution is -2.14. The van der Waals surface area contributed by atoms with Crippen molar-refractivity contribution in [3.05, 3.63) is 0 Å². The summed E-state index contributed by atoms with van der Waals surface area (Å²) in [5.41, 5.74) is 0. The highest BCUT2D eigenvalue weighted by Crippen LogP contribution is 2.14. The first kappa shape index (κ1) is 25.4. The van der Waals surface area contributed by atoms with Crippen LogP contribution >= 0.6 is 0 Å². The van der Waals surface area contributed by atoms with Crippen molar-refractivity contribution in [2.24, 2.45) is 0 Å². The molecule has 3 nitrogen and oxygen atoms in total. The van der Waals surface area contributed by atoms with Crippen LogP contribution in [0.5, 0.6) is 0 Å². The van der Waals surface area contributed by atoms with Crippen molar-refractivity contribution < 1.29 is 14.6 Å². The van der Waals surface area contributed by atoms with E-state index in [1.807, 2.05) is 13.8 Å². The Labute approximate surface area is 163 Å². The normalized spacial score (nSPS) is 11.2. The molecule has 0 amide bonds. The average Bonchev–Trinajstić information content (AvgIpc) is 2.65. The van der Waals surface area contributed by atoms with E-state index in [0.29, 0.717) is 6.42 Å². The van der Waals surface area contributed by atoms with Gasteiger partial charge in [0.15, 0.2) is 0 Å². The molecule has 0 radical (unpaired) electrons. The van der Waals surface area contributed by atoms with Gasteiger partial charge in [0.25, 0.3) is 0 Å². The summed E-state index contributed by atoms with van der Waals surface area (Å²) in [4.78, 5) is 21.6. The molecule has 0 spiro atoms. The number of hydrogen-bond acceptors (Lipinski definition) is 3. The smallest absolute Gasteiger partial charge is 0.298 e. The molecule has 0 saturated heterocycles. The van der Waals surface area contributed by atoms with Gasteiger partial charge in [-0.05, 0) is 19.3 Å². The highest BCUT2D eigenvalue weighted by Gasteiger charge is 2.09. The molecule has 0 aliphatic rings. The van der Waals surface area contributed by atoms with Crippen molar-refractivity contribution in [2.45, 2.75) is 142 Å². The van der Waals surface area contributed by atoms with Crippen molar-refractivity contribution in [1.82, 2.24) is 0 Å². The van der Waals surface area contributed by atoms with Crippen molar-refractivity contribution in [3.8, 4) is 0 Å². The summed E-state index contributed by atoms with van der Waals surface area (Å²) < 4.78 is 0. The van der Waals surface area contributed by atoms with Gasteiger partial charge >= 0.3 is 5.97 Å². The maximum absolute atomic E-state index is 11.6. The van der Waals surface area contributed by atoms with E-state index in [-0.39, 0.29) is 12.1 Å². The molecule has 0 heterocycles. The Bertz CT molecular complexity index is 287. The number of unbranched alkanes of at least 4 members (excludes halogenated alkanes) is 14. The van der Waals surface area contributed by atoms with Crippen molar-refractivity contribution in [1.29, 1.82) is 0 Å². The van der Waals surface area contributed by atoms with Gasteiger partial charge in [-0.3, -0.25) is 4.89 Å². The fourth-order valence-corrected chi connectivity index (χ4v) is 3.23. The largest absolute Gasteiger partial charge is 0.342 e. The Morgan fingerprint density at radius 2 is 1.00 bits per heavy atom. The molecule has 0 aromatic rings. The van der Waals surface area contributed by atoms with Crippen LogP contribution in [0, 0.1) is 0 Å². The van der Waals surface area contributed by atoms with Crippen LogP contribution in [-0.4, -0.2) is 12.1 Å². The van der Waals surface area contributed by atoms with Gasteiger partial charge in [-0.1, -0.05) is 111 Å². The molecule has 0 rings (SSSR count). The van der Waals surface area contributed by atoms with Crippen LogP contribution in [0.3, 0.4) is 0 Å². The molecule has 156 valence electrons. The summed E-state index contributed by atoms with van der Waals surface area (Å²) in [6.45, 7) is 6.35. The molecule has 0 saturated carbocycles. The lowest BCUT2D eigenvalue weighted by molar-refractivity contribution is -0.298. The summed E-state index contributed by atoms with van der Waals surface area (Å²) in [7, 11) is 0. The molecule has 0 aromatic heterocycles. The minimum absolute atomic E-state index is 0.0417. The van der Waals surface area contributed by atoms with Crippen molar-refractivity contribution in [3.63, 3.8) is 0 Å². The van der Waals surface area contributed by atoms with Gasteiger partial charge in [-0.2, -0.15) is 4.89 Å². The zero-order chi connectivity index (χ0) is 19.3. The lowest BCUT2D eigenvalue weighted by Gasteiger charge is -2.11. The van der Waals surface area contributed by atoms with E-state index < -0.39 is 0 Å². The van der Waals surface area contributed by atoms with E-state index in [1.54, 1.807) is 0 Å². The number of carbonyl (C=O) groups is 1. The van der Waals surface area contributed by atoms with Crippen LogP contribution in [-0.2, 0) is 14.6 Å². The van der Waals surface area contributed by atoms with Crippen LogP contribution < -0.4 is 0 Å². The SMILES string of the molecule is CCCCCCCCCCCCCCCCCC(=O)OOC(CC)CC. The third-order valence-electron chi connectivity index (χ3n) is 5.17. The first-order chi connectivity index (χ1) is 12.7. The first-order valence-electron chi connectivity index (χ1n) is 11.6. The van der Waals surface area contributed by atoms with Crippen molar-refractivity contribution in [2.75, 3.05) is 0 Å². The van der Waals surface area contributed by atoms with Crippen LogP contribution in [0.4, 0.5) is 0 Å². The molecular formula is C23H46O3. The molecule has 3 heteroatoms. The molecule has 0 aliphatic carbocycles. The van der Waals surface area contributed by atoms with Crippen LogP contribution in [0.25, 0.3) is 0 Å². The van der Waals surface area contributed by atoms with Crippen molar-refractivity contribution >= 4 is 5.97 Å². The minimum Gasteiger partial charge on any atom is -0.298 e. The third-order valence-corrected chi connectivity index (χ3v) is 5.17. The summed E-state index contributed by atoms with van der Waals surface area (Å²) in [6.07, 6.45) is 22.3. The number of rotatable bonds is 20. The molecule has 0 unspecified atom stereocenters. The Balaban J connectivity index is 3.18. The van der Waals surface area contributed by atoms with Crippen LogP contribution in [0.1, 0.15) is 136 Å². The summed E-state index contributed by atoms with van der Waals surface area (Å²) in [6, 6.07) is 0. The van der Waals surface area contributed by atoms with Gasteiger partial charge in [0.2, 0.25) is 0 Å². The van der Waals surface area contributed by atoms with Gasteiger partial charge in [-0.25, -0.2) is 4.79 Å². The molecule has 0 N–H and O–H groups in total. The summed E-state index contributed by atoms with van der Waals surface area (Å²) in [5, 5.41) is 0. The number of hydrogen-bond donors (Lipinski definition) is 0. The van der Waals surface area contributed by atoms with E-state index in [2.05, 4.69) is 6.92 Å². The second-order valence-corrected chi connectivity index (χ2v) is 7.69. The monoisotopic (exact) mass is 370 g/mol. The summed E-state index contributed by atoms with van der Waals surface area (Å²) in [5.74, 6) is -0.216. The Kier molecular flexibility index (Phi) is 20.3. The Morgan fingerprint density at radius 3 is 1.38 bits per heavy atom. The van der Waals surface area contributed by atoms with Gasteiger partial charge < -0.3 is 0 Å². The second kappa shape index (κ2) is 20.7. The molecule has 0 atom stereocenters. The maximum Gasteiger partial charge on any atom is 0.342 e. The molecular weight excluding hydrogens is 324 g/mol. The van der Waals surface area contributed by atoms with E-state index in [4.69, 9.17) is 9.78 Å². The van der Waals surface area contributed by atoms with Gasteiger partial charge in [0.05, 0.1) is 0 Å². The topological polar surface area (TPSA) is 35.5 Å². The quantitative estimate of drug-likeness (QED) is 0.124. The highest BCUT2D eigenvalue weighted by molar-refractivity contribution is 5.68.